The maximum atomic E-state index is 13.0. The highest BCUT2D eigenvalue weighted by Gasteiger charge is 2.18. The van der Waals surface area contributed by atoms with Crippen LogP contribution < -0.4 is 4.72 Å². The van der Waals surface area contributed by atoms with E-state index in [1.807, 2.05) is 0 Å². The van der Waals surface area contributed by atoms with Gasteiger partial charge in [0.2, 0.25) is 10.0 Å². The number of nitrogens with one attached hydrogen (secondary N) is 1. The number of aryl methyl sites for hydroxylation is 1. The fraction of sp³-hybridized carbons (Fsp3) is 0.400. The molecule has 0 aliphatic heterocycles. The Labute approximate surface area is 99.0 Å². The van der Waals surface area contributed by atoms with Crippen LogP contribution in [0.3, 0.4) is 0 Å². The van der Waals surface area contributed by atoms with Crippen LogP contribution in [0.15, 0.2) is 23.1 Å². The normalized spacial score (nSPS) is 13.6. The largest absolute Gasteiger partial charge is 0.394 e. The van der Waals surface area contributed by atoms with Crippen molar-refractivity contribution in [3.63, 3.8) is 0 Å². The van der Waals surface area contributed by atoms with Crippen LogP contribution in [0, 0.1) is 12.7 Å². The standard InChI is InChI=1S/C10H14FNO4S/c1-7-2-3-8(11)4-10(7)17(15,16)12-5-9(14)6-13/h2-4,9,12-14H,5-6H2,1H3. The summed E-state index contributed by atoms with van der Waals surface area (Å²) in [6.45, 7) is 0.663. The number of aliphatic hydroxyl groups excluding tert-OH is 2. The predicted octanol–water partition coefficient (Wildman–Crippen LogP) is -0.234. The van der Waals surface area contributed by atoms with Gasteiger partial charge in [0, 0.05) is 6.54 Å². The molecular weight excluding hydrogens is 249 g/mol. The first-order chi connectivity index (χ1) is 7.86. The number of hydrogen-bond acceptors (Lipinski definition) is 4. The lowest BCUT2D eigenvalue weighted by atomic mass is 10.2. The molecule has 0 aliphatic rings. The average Bonchev–Trinajstić information content (AvgIpc) is 2.29. The maximum absolute atomic E-state index is 13.0. The van der Waals surface area contributed by atoms with Crippen molar-refractivity contribution in [1.82, 2.24) is 4.72 Å². The molecule has 0 amide bonds. The van der Waals surface area contributed by atoms with Crippen LogP contribution in [0.1, 0.15) is 5.56 Å². The van der Waals surface area contributed by atoms with E-state index in [1.54, 1.807) is 0 Å². The van der Waals surface area contributed by atoms with E-state index in [0.717, 1.165) is 12.1 Å². The zero-order chi connectivity index (χ0) is 13.1. The van der Waals surface area contributed by atoms with Crippen molar-refractivity contribution >= 4 is 10.0 Å². The monoisotopic (exact) mass is 263 g/mol. The Hall–Kier alpha value is -1.02. The first-order valence-electron chi connectivity index (χ1n) is 4.91. The van der Waals surface area contributed by atoms with Crippen LogP contribution >= 0.6 is 0 Å². The fourth-order valence-corrected chi connectivity index (χ4v) is 2.54. The molecule has 1 aromatic rings. The molecule has 1 unspecified atom stereocenters. The molecule has 1 aromatic carbocycles. The third kappa shape index (κ3) is 3.74. The molecule has 0 saturated carbocycles. The number of rotatable bonds is 5. The number of sulfonamides is 1. The third-order valence-corrected chi connectivity index (χ3v) is 3.72. The molecule has 17 heavy (non-hydrogen) atoms. The molecule has 1 rings (SSSR count). The highest BCUT2D eigenvalue weighted by molar-refractivity contribution is 7.89. The molecule has 0 radical (unpaired) electrons. The second kappa shape index (κ2) is 5.54. The minimum atomic E-state index is -3.88. The van der Waals surface area contributed by atoms with Crippen molar-refractivity contribution in [2.45, 2.75) is 17.9 Å². The Morgan fingerprint density at radius 3 is 2.71 bits per heavy atom. The molecule has 1 atom stereocenters. The molecule has 0 heterocycles. The number of halogens is 1. The summed E-state index contributed by atoms with van der Waals surface area (Å²) in [5, 5.41) is 17.6. The fourth-order valence-electron chi connectivity index (χ4n) is 1.21. The van der Waals surface area contributed by atoms with Gasteiger partial charge in [-0.1, -0.05) is 6.07 Å². The maximum Gasteiger partial charge on any atom is 0.241 e. The molecule has 7 heteroatoms. The Bertz CT molecular complexity index is 489. The van der Waals surface area contributed by atoms with Gasteiger partial charge in [0.25, 0.3) is 0 Å². The van der Waals surface area contributed by atoms with E-state index in [4.69, 9.17) is 10.2 Å². The van der Waals surface area contributed by atoms with Crippen molar-refractivity contribution in [1.29, 1.82) is 0 Å². The Morgan fingerprint density at radius 1 is 1.47 bits per heavy atom. The second-order valence-electron chi connectivity index (χ2n) is 3.60. The zero-order valence-corrected chi connectivity index (χ0v) is 10.0. The summed E-state index contributed by atoms with van der Waals surface area (Å²) in [4.78, 5) is -0.178. The van der Waals surface area contributed by atoms with Gasteiger partial charge in [-0.2, -0.15) is 0 Å². The first kappa shape index (κ1) is 14.0. The van der Waals surface area contributed by atoms with Crippen LogP contribution in [0.5, 0.6) is 0 Å². The van der Waals surface area contributed by atoms with E-state index < -0.39 is 28.6 Å². The van der Waals surface area contributed by atoms with E-state index in [2.05, 4.69) is 4.72 Å². The van der Waals surface area contributed by atoms with Crippen LogP contribution in [-0.4, -0.2) is 37.9 Å². The number of hydrogen-bond donors (Lipinski definition) is 3. The molecule has 0 spiro atoms. The highest BCUT2D eigenvalue weighted by Crippen LogP contribution is 2.15. The van der Waals surface area contributed by atoms with Crippen molar-refractivity contribution in [3.8, 4) is 0 Å². The molecule has 0 aromatic heterocycles. The lowest BCUT2D eigenvalue weighted by Crippen LogP contribution is -2.34. The summed E-state index contributed by atoms with van der Waals surface area (Å²) < 4.78 is 38.6. The third-order valence-electron chi connectivity index (χ3n) is 2.16. The molecule has 3 N–H and O–H groups in total. The van der Waals surface area contributed by atoms with Gasteiger partial charge in [0.1, 0.15) is 5.82 Å². The van der Waals surface area contributed by atoms with Gasteiger partial charge < -0.3 is 10.2 Å². The van der Waals surface area contributed by atoms with Gasteiger partial charge in [-0.15, -0.1) is 0 Å². The van der Waals surface area contributed by atoms with E-state index in [9.17, 15) is 12.8 Å². The summed E-state index contributed by atoms with van der Waals surface area (Å²) in [6.07, 6.45) is -1.18. The molecular formula is C10H14FNO4S. The number of aliphatic hydroxyl groups is 2. The van der Waals surface area contributed by atoms with Crippen LogP contribution in [0.2, 0.25) is 0 Å². The second-order valence-corrected chi connectivity index (χ2v) is 5.33. The lowest BCUT2D eigenvalue weighted by Gasteiger charge is -2.11. The average molecular weight is 263 g/mol. The van der Waals surface area contributed by atoms with E-state index in [0.29, 0.717) is 5.56 Å². The zero-order valence-electron chi connectivity index (χ0n) is 9.22. The van der Waals surface area contributed by atoms with Gasteiger partial charge in [-0.05, 0) is 24.6 Å². The van der Waals surface area contributed by atoms with Crippen molar-refractivity contribution in [2.24, 2.45) is 0 Å². The molecule has 0 fully saturated rings. The summed E-state index contributed by atoms with van der Waals surface area (Å²) in [5.74, 6) is -0.654. The summed E-state index contributed by atoms with van der Waals surface area (Å²) in [7, 11) is -3.88. The molecule has 0 saturated heterocycles. The highest BCUT2D eigenvalue weighted by atomic mass is 32.2. The smallest absolute Gasteiger partial charge is 0.241 e. The molecule has 5 nitrogen and oxygen atoms in total. The van der Waals surface area contributed by atoms with E-state index in [-0.39, 0.29) is 11.4 Å². The van der Waals surface area contributed by atoms with Gasteiger partial charge in [-0.25, -0.2) is 17.5 Å². The van der Waals surface area contributed by atoms with E-state index in [1.165, 1.54) is 13.0 Å². The van der Waals surface area contributed by atoms with Gasteiger partial charge in [0.15, 0.2) is 0 Å². The quantitative estimate of drug-likeness (QED) is 0.684. The minimum Gasteiger partial charge on any atom is -0.394 e. The summed E-state index contributed by atoms with van der Waals surface area (Å²) in [6, 6.07) is 3.42. The summed E-state index contributed by atoms with van der Waals surface area (Å²) >= 11 is 0. The van der Waals surface area contributed by atoms with Crippen molar-refractivity contribution < 1.29 is 23.0 Å². The van der Waals surface area contributed by atoms with Gasteiger partial charge in [0.05, 0.1) is 17.6 Å². The number of benzene rings is 1. The SMILES string of the molecule is Cc1ccc(F)cc1S(=O)(=O)NCC(O)CO. The van der Waals surface area contributed by atoms with E-state index >= 15 is 0 Å². The first-order valence-corrected chi connectivity index (χ1v) is 6.40. The van der Waals surface area contributed by atoms with Crippen molar-refractivity contribution in [3.05, 3.63) is 29.6 Å². The topological polar surface area (TPSA) is 86.6 Å². The van der Waals surface area contributed by atoms with Crippen molar-refractivity contribution in [2.75, 3.05) is 13.2 Å². The van der Waals surface area contributed by atoms with Crippen LogP contribution in [-0.2, 0) is 10.0 Å². The van der Waals surface area contributed by atoms with Crippen LogP contribution in [0.4, 0.5) is 4.39 Å². The molecule has 96 valence electrons. The summed E-state index contributed by atoms with van der Waals surface area (Å²) in [5.41, 5.74) is 0.400. The van der Waals surface area contributed by atoms with Gasteiger partial charge in [-0.3, -0.25) is 0 Å². The Morgan fingerprint density at radius 2 is 2.12 bits per heavy atom. The lowest BCUT2D eigenvalue weighted by molar-refractivity contribution is 0.0988. The Balaban J connectivity index is 2.93. The predicted molar refractivity (Wildman–Crippen MR) is 59.4 cm³/mol. The molecule has 0 aliphatic carbocycles. The Kier molecular flexibility index (Phi) is 4.58. The molecule has 0 bridgehead atoms. The van der Waals surface area contributed by atoms with Crippen LogP contribution in [0.25, 0.3) is 0 Å². The van der Waals surface area contributed by atoms with Gasteiger partial charge >= 0.3 is 0 Å². The minimum absolute atomic E-state index is 0.178.